The molecule has 0 atom stereocenters. The minimum absolute atomic E-state index is 0.115. The lowest BCUT2D eigenvalue weighted by Crippen LogP contribution is -2.46. The number of nitrogens with zero attached hydrogens (tertiary/aromatic N) is 3. The van der Waals surface area contributed by atoms with Crippen molar-refractivity contribution in [3.05, 3.63) is 11.1 Å². The third-order valence-corrected chi connectivity index (χ3v) is 5.18. The molecule has 2 heterocycles. The van der Waals surface area contributed by atoms with Gasteiger partial charge in [-0.25, -0.2) is 9.78 Å². The third-order valence-electron chi connectivity index (χ3n) is 4.22. The van der Waals surface area contributed by atoms with Gasteiger partial charge in [-0.1, -0.05) is 26.7 Å². The van der Waals surface area contributed by atoms with Crippen LogP contribution in [0.15, 0.2) is 5.38 Å². The van der Waals surface area contributed by atoms with Crippen LogP contribution in [0.1, 0.15) is 52.1 Å². The average Bonchev–Trinajstić information content (AvgIpc) is 3.07. The fourth-order valence-corrected chi connectivity index (χ4v) is 3.78. The molecule has 1 fully saturated rings. The van der Waals surface area contributed by atoms with Gasteiger partial charge in [0.1, 0.15) is 5.54 Å². The summed E-state index contributed by atoms with van der Waals surface area (Å²) in [5.74, 6) is -0.290. The number of amides is 4. The summed E-state index contributed by atoms with van der Waals surface area (Å²) < 4.78 is 0. The van der Waals surface area contributed by atoms with Gasteiger partial charge >= 0.3 is 6.03 Å². The summed E-state index contributed by atoms with van der Waals surface area (Å²) in [6.07, 6.45) is 2.92. The molecule has 0 bridgehead atoms. The molecule has 0 spiro atoms. The molecule has 1 aliphatic rings. The maximum atomic E-state index is 12.8. The van der Waals surface area contributed by atoms with E-state index in [0.29, 0.717) is 23.7 Å². The Balaban J connectivity index is 2.16. The fraction of sp³-hybridized carbons (Fsp3) is 0.625. The van der Waals surface area contributed by atoms with Crippen molar-refractivity contribution in [2.24, 2.45) is 0 Å². The summed E-state index contributed by atoms with van der Waals surface area (Å²) in [5.41, 5.74) is -0.175. The van der Waals surface area contributed by atoms with Crippen molar-refractivity contribution >= 4 is 34.3 Å². The van der Waals surface area contributed by atoms with Crippen LogP contribution in [0.2, 0.25) is 0 Å². The van der Waals surface area contributed by atoms with E-state index in [9.17, 15) is 14.4 Å². The predicted octanol–water partition coefficient (Wildman–Crippen LogP) is 2.52. The summed E-state index contributed by atoms with van der Waals surface area (Å²) >= 11 is 1.32. The van der Waals surface area contributed by atoms with E-state index < -0.39 is 5.54 Å². The number of aromatic nitrogens is 1. The Morgan fingerprint density at radius 3 is 2.50 bits per heavy atom. The number of hydrogen-bond donors (Lipinski definition) is 1. The number of hydrogen-bond acceptors (Lipinski definition) is 5. The van der Waals surface area contributed by atoms with E-state index in [4.69, 9.17) is 0 Å². The minimum atomic E-state index is -0.782. The van der Waals surface area contributed by atoms with Crippen molar-refractivity contribution in [3.8, 4) is 0 Å². The largest absolute Gasteiger partial charge is 0.325 e. The van der Waals surface area contributed by atoms with Crippen LogP contribution < -0.4 is 10.2 Å². The second kappa shape index (κ2) is 7.29. The molecule has 2 rings (SSSR count). The third kappa shape index (κ3) is 3.43. The lowest BCUT2D eigenvalue weighted by atomic mass is 9.88. The topological polar surface area (TPSA) is 82.6 Å². The van der Waals surface area contributed by atoms with E-state index in [-0.39, 0.29) is 24.4 Å². The molecule has 24 heavy (non-hydrogen) atoms. The van der Waals surface area contributed by atoms with Crippen LogP contribution in [-0.4, -0.2) is 40.3 Å². The molecule has 0 unspecified atom stereocenters. The van der Waals surface area contributed by atoms with Gasteiger partial charge in [0, 0.05) is 19.4 Å². The lowest BCUT2D eigenvalue weighted by Gasteiger charge is -2.25. The molecule has 1 aliphatic heterocycles. The van der Waals surface area contributed by atoms with E-state index >= 15 is 0 Å². The van der Waals surface area contributed by atoms with Crippen LogP contribution in [0.5, 0.6) is 0 Å². The maximum Gasteiger partial charge on any atom is 0.325 e. The molecule has 132 valence electrons. The summed E-state index contributed by atoms with van der Waals surface area (Å²) in [5, 5.41) is 5.21. The van der Waals surface area contributed by atoms with Crippen molar-refractivity contribution in [1.82, 2.24) is 15.2 Å². The van der Waals surface area contributed by atoms with E-state index in [1.807, 2.05) is 13.8 Å². The molecular weight excluding hydrogens is 328 g/mol. The van der Waals surface area contributed by atoms with E-state index in [0.717, 1.165) is 12.8 Å². The van der Waals surface area contributed by atoms with Gasteiger partial charge in [0.15, 0.2) is 5.13 Å². The molecule has 1 N–H and O–H groups in total. The molecule has 1 aromatic rings. The van der Waals surface area contributed by atoms with Gasteiger partial charge < -0.3 is 5.32 Å². The maximum absolute atomic E-state index is 12.8. The number of anilines is 1. The van der Waals surface area contributed by atoms with Gasteiger partial charge in [0.2, 0.25) is 5.91 Å². The first-order chi connectivity index (χ1) is 11.3. The second-order valence-corrected chi connectivity index (χ2v) is 6.94. The van der Waals surface area contributed by atoms with E-state index in [1.54, 1.807) is 12.4 Å². The standard InChI is InChI=1S/C16H24N4O3S/c1-5-7-16(8-6-2)13(22)20(14(23)18-16)9-12-10-24-15(17-12)19(4)11(3)21/h10H,5-9H2,1-4H3,(H,18,23). The van der Waals surface area contributed by atoms with Crippen LogP contribution >= 0.6 is 11.3 Å². The predicted molar refractivity (Wildman–Crippen MR) is 92.8 cm³/mol. The van der Waals surface area contributed by atoms with Gasteiger partial charge in [-0.2, -0.15) is 0 Å². The molecule has 0 aliphatic carbocycles. The first kappa shape index (κ1) is 18.4. The smallest absolute Gasteiger partial charge is 0.323 e. The quantitative estimate of drug-likeness (QED) is 0.765. The first-order valence-electron chi connectivity index (χ1n) is 8.17. The van der Waals surface area contributed by atoms with Crippen molar-refractivity contribution in [2.75, 3.05) is 11.9 Å². The van der Waals surface area contributed by atoms with Crippen molar-refractivity contribution in [2.45, 2.75) is 58.5 Å². The van der Waals surface area contributed by atoms with Crippen LogP contribution in [0, 0.1) is 0 Å². The Morgan fingerprint density at radius 2 is 1.96 bits per heavy atom. The van der Waals surface area contributed by atoms with Gasteiger partial charge in [-0.15, -0.1) is 11.3 Å². The average molecular weight is 352 g/mol. The van der Waals surface area contributed by atoms with E-state index in [1.165, 1.54) is 28.1 Å². The van der Waals surface area contributed by atoms with Crippen molar-refractivity contribution < 1.29 is 14.4 Å². The zero-order valence-electron chi connectivity index (χ0n) is 14.6. The molecular formula is C16H24N4O3S. The van der Waals surface area contributed by atoms with E-state index in [2.05, 4.69) is 10.3 Å². The molecule has 4 amide bonds. The highest BCUT2D eigenvalue weighted by atomic mass is 32.1. The SMILES string of the molecule is CCCC1(CCC)NC(=O)N(Cc2csc(N(C)C(C)=O)n2)C1=O. The Morgan fingerprint density at radius 1 is 1.33 bits per heavy atom. The summed E-state index contributed by atoms with van der Waals surface area (Å²) in [4.78, 5) is 43.6. The second-order valence-electron chi connectivity index (χ2n) is 6.10. The Labute approximate surface area is 146 Å². The number of rotatable bonds is 7. The number of nitrogens with one attached hydrogen (secondary N) is 1. The number of carbonyl (C=O) groups is 3. The Bertz CT molecular complexity index is 637. The van der Waals surface area contributed by atoms with Crippen LogP contribution in [0.4, 0.5) is 9.93 Å². The van der Waals surface area contributed by atoms with Crippen molar-refractivity contribution in [3.63, 3.8) is 0 Å². The van der Waals surface area contributed by atoms with Crippen molar-refractivity contribution in [1.29, 1.82) is 0 Å². The summed E-state index contributed by atoms with van der Waals surface area (Å²) in [6, 6.07) is -0.364. The molecule has 7 nitrogen and oxygen atoms in total. The molecule has 8 heteroatoms. The monoisotopic (exact) mass is 352 g/mol. The van der Waals surface area contributed by atoms with Gasteiger partial charge in [-0.3, -0.25) is 19.4 Å². The zero-order chi connectivity index (χ0) is 17.9. The van der Waals surface area contributed by atoms with Gasteiger partial charge in [-0.05, 0) is 12.8 Å². The number of imide groups is 1. The van der Waals surface area contributed by atoms with Crippen LogP contribution in [-0.2, 0) is 16.1 Å². The number of carbonyl (C=O) groups excluding carboxylic acids is 3. The molecule has 1 aromatic heterocycles. The molecule has 0 saturated carbocycles. The Kier molecular flexibility index (Phi) is 5.58. The number of thiazole rings is 1. The molecule has 1 saturated heterocycles. The normalized spacial score (nSPS) is 16.4. The van der Waals surface area contributed by atoms with Gasteiger partial charge in [0.05, 0.1) is 12.2 Å². The molecule has 0 aromatic carbocycles. The number of urea groups is 1. The van der Waals surface area contributed by atoms with Crippen LogP contribution in [0.3, 0.4) is 0 Å². The highest BCUT2D eigenvalue weighted by Crippen LogP contribution is 2.29. The first-order valence-corrected chi connectivity index (χ1v) is 9.05. The summed E-state index contributed by atoms with van der Waals surface area (Å²) in [6.45, 7) is 5.60. The highest BCUT2D eigenvalue weighted by Gasteiger charge is 2.49. The van der Waals surface area contributed by atoms with Crippen LogP contribution in [0.25, 0.3) is 0 Å². The Hall–Kier alpha value is -1.96. The summed E-state index contributed by atoms with van der Waals surface area (Å²) in [7, 11) is 1.65. The highest BCUT2D eigenvalue weighted by molar-refractivity contribution is 7.14. The minimum Gasteiger partial charge on any atom is -0.323 e. The molecule has 0 radical (unpaired) electrons. The van der Waals surface area contributed by atoms with Gasteiger partial charge in [0.25, 0.3) is 5.91 Å². The lowest BCUT2D eigenvalue weighted by molar-refractivity contribution is -0.132. The fourth-order valence-electron chi connectivity index (χ4n) is 2.96. The zero-order valence-corrected chi connectivity index (χ0v) is 15.4.